The van der Waals surface area contributed by atoms with Crippen LogP contribution in [0.2, 0.25) is 0 Å². The first-order valence-electron chi connectivity index (χ1n) is 4.31. The molecule has 0 aliphatic heterocycles. The molecule has 0 fully saturated rings. The Balaban J connectivity index is 2.76. The van der Waals surface area contributed by atoms with Gasteiger partial charge in [-0.3, -0.25) is 0 Å². The van der Waals surface area contributed by atoms with Crippen LogP contribution in [0.15, 0.2) is 48.1 Å². The number of rotatable bonds is 3. The maximum atomic E-state index is 10.4. The quantitative estimate of drug-likeness (QED) is 0.461. The molecule has 1 N–H and O–H groups in total. The maximum Gasteiger partial charge on any atom is 0.346 e. The Kier molecular flexibility index (Phi) is 3.87. The van der Waals surface area contributed by atoms with Gasteiger partial charge in [0.25, 0.3) is 0 Å². The Morgan fingerprint density at radius 2 is 2.00 bits per heavy atom. The van der Waals surface area contributed by atoms with Crippen LogP contribution in [0.1, 0.15) is 5.56 Å². The summed E-state index contributed by atoms with van der Waals surface area (Å²) in [6, 6.07) is 11.0. The van der Waals surface area contributed by atoms with E-state index in [-0.39, 0.29) is 5.57 Å². The van der Waals surface area contributed by atoms with Gasteiger partial charge in [0.2, 0.25) is 0 Å². The smallest absolute Gasteiger partial charge is 0.346 e. The zero-order valence-electron chi connectivity index (χ0n) is 7.92. The van der Waals surface area contributed by atoms with Crippen LogP contribution in [-0.4, -0.2) is 11.1 Å². The fourth-order valence-electron chi connectivity index (χ4n) is 0.976. The Labute approximate surface area is 87.6 Å². The van der Waals surface area contributed by atoms with Gasteiger partial charge in [0.1, 0.15) is 11.6 Å². The highest BCUT2D eigenvalue weighted by atomic mass is 16.4. The summed E-state index contributed by atoms with van der Waals surface area (Å²) in [6.07, 6.45) is 4.55. The lowest BCUT2D eigenvalue weighted by molar-refractivity contribution is -0.132. The van der Waals surface area contributed by atoms with Crippen molar-refractivity contribution >= 4 is 12.0 Å². The monoisotopic (exact) mass is 199 g/mol. The highest BCUT2D eigenvalue weighted by molar-refractivity contribution is 5.91. The summed E-state index contributed by atoms with van der Waals surface area (Å²) < 4.78 is 0. The minimum Gasteiger partial charge on any atom is -0.477 e. The van der Waals surface area contributed by atoms with Gasteiger partial charge in [-0.25, -0.2) is 4.79 Å². The molecule has 1 rings (SSSR count). The first-order valence-corrected chi connectivity index (χ1v) is 4.31. The number of hydrogen-bond acceptors (Lipinski definition) is 2. The molecule has 0 saturated heterocycles. The lowest BCUT2D eigenvalue weighted by atomic mass is 10.2. The van der Waals surface area contributed by atoms with E-state index < -0.39 is 5.97 Å². The maximum absolute atomic E-state index is 10.4. The van der Waals surface area contributed by atoms with Crippen LogP contribution in [0.5, 0.6) is 0 Å². The van der Waals surface area contributed by atoms with Crippen molar-refractivity contribution in [2.45, 2.75) is 0 Å². The van der Waals surface area contributed by atoms with Crippen molar-refractivity contribution in [3.05, 3.63) is 53.6 Å². The molecular weight excluding hydrogens is 190 g/mol. The summed E-state index contributed by atoms with van der Waals surface area (Å²) in [7, 11) is 0. The average molecular weight is 199 g/mol. The van der Waals surface area contributed by atoms with Gasteiger partial charge in [0.15, 0.2) is 0 Å². The van der Waals surface area contributed by atoms with Gasteiger partial charge >= 0.3 is 5.97 Å². The van der Waals surface area contributed by atoms with E-state index in [1.165, 1.54) is 6.08 Å². The second-order valence-electron chi connectivity index (χ2n) is 2.77. The third-order valence-corrected chi connectivity index (χ3v) is 1.70. The van der Waals surface area contributed by atoms with E-state index in [0.717, 1.165) is 5.56 Å². The van der Waals surface area contributed by atoms with E-state index in [4.69, 9.17) is 10.4 Å². The van der Waals surface area contributed by atoms with Gasteiger partial charge < -0.3 is 5.11 Å². The fourth-order valence-corrected chi connectivity index (χ4v) is 0.976. The summed E-state index contributed by atoms with van der Waals surface area (Å²) in [5.74, 6) is -1.21. The van der Waals surface area contributed by atoms with Gasteiger partial charge in [-0.15, -0.1) is 0 Å². The van der Waals surface area contributed by atoms with Crippen LogP contribution in [0.3, 0.4) is 0 Å². The minimum atomic E-state index is -1.21. The first kappa shape index (κ1) is 10.7. The molecule has 0 saturated carbocycles. The molecule has 1 aromatic rings. The number of nitrogens with zero attached hydrogens (tertiary/aromatic N) is 1. The Morgan fingerprint density at radius 3 is 2.53 bits per heavy atom. The molecule has 3 nitrogen and oxygen atoms in total. The summed E-state index contributed by atoms with van der Waals surface area (Å²) in [6.45, 7) is 0. The van der Waals surface area contributed by atoms with Crippen LogP contribution in [-0.2, 0) is 4.79 Å². The number of aliphatic carboxylic acids is 1. The van der Waals surface area contributed by atoms with Crippen LogP contribution < -0.4 is 0 Å². The van der Waals surface area contributed by atoms with E-state index in [1.807, 2.05) is 30.3 Å². The number of carboxylic acid groups (broad SMARTS) is 1. The van der Waals surface area contributed by atoms with E-state index in [1.54, 1.807) is 18.2 Å². The number of hydrogen-bond donors (Lipinski definition) is 1. The van der Waals surface area contributed by atoms with E-state index >= 15 is 0 Å². The zero-order chi connectivity index (χ0) is 11.1. The molecule has 0 unspecified atom stereocenters. The molecule has 0 amide bonds. The lowest BCUT2D eigenvalue weighted by Gasteiger charge is -1.89. The largest absolute Gasteiger partial charge is 0.477 e. The molecule has 0 spiro atoms. The van der Waals surface area contributed by atoms with Gasteiger partial charge in [-0.2, -0.15) is 5.26 Å². The van der Waals surface area contributed by atoms with E-state index in [2.05, 4.69) is 0 Å². The highest BCUT2D eigenvalue weighted by Gasteiger charge is 2.02. The standard InChI is InChI=1S/C12H9NO2/c13-9-11(12(14)15)8-4-7-10-5-2-1-3-6-10/h1-8H,(H,14,15)/b7-4-,11-8-. The second-order valence-corrected chi connectivity index (χ2v) is 2.77. The van der Waals surface area contributed by atoms with Gasteiger partial charge in [0, 0.05) is 0 Å². The van der Waals surface area contributed by atoms with Crippen molar-refractivity contribution in [1.29, 1.82) is 5.26 Å². The molecule has 0 aliphatic carbocycles. The van der Waals surface area contributed by atoms with Crippen LogP contribution in [0.4, 0.5) is 0 Å². The fraction of sp³-hybridized carbons (Fsp3) is 0. The number of benzene rings is 1. The summed E-state index contributed by atoms with van der Waals surface area (Å²) in [5.41, 5.74) is 0.679. The molecule has 0 radical (unpaired) electrons. The topological polar surface area (TPSA) is 61.1 Å². The Bertz CT molecular complexity index is 438. The van der Waals surface area contributed by atoms with Crippen molar-refractivity contribution < 1.29 is 9.90 Å². The number of carboxylic acids is 1. The first-order chi connectivity index (χ1) is 7.24. The molecule has 1 aromatic carbocycles. The van der Waals surface area contributed by atoms with Crippen molar-refractivity contribution in [2.75, 3.05) is 0 Å². The van der Waals surface area contributed by atoms with Crippen LogP contribution in [0.25, 0.3) is 6.08 Å². The molecule has 0 atom stereocenters. The lowest BCUT2D eigenvalue weighted by Crippen LogP contribution is -1.96. The Morgan fingerprint density at radius 1 is 1.33 bits per heavy atom. The molecule has 0 heterocycles. The van der Waals surface area contributed by atoms with Gasteiger partial charge in [-0.05, 0) is 11.6 Å². The van der Waals surface area contributed by atoms with Crippen molar-refractivity contribution in [2.24, 2.45) is 0 Å². The zero-order valence-corrected chi connectivity index (χ0v) is 7.92. The van der Waals surface area contributed by atoms with E-state index in [9.17, 15) is 4.79 Å². The van der Waals surface area contributed by atoms with Gasteiger partial charge in [0.05, 0.1) is 0 Å². The number of nitriles is 1. The second kappa shape index (κ2) is 5.40. The predicted molar refractivity (Wildman–Crippen MR) is 56.8 cm³/mol. The van der Waals surface area contributed by atoms with E-state index in [0.29, 0.717) is 0 Å². The van der Waals surface area contributed by atoms with Crippen molar-refractivity contribution in [3.8, 4) is 6.07 Å². The van der Waals surface area contributed by atoms with Crippen LogP contribution >= 0.6 is 0 Å². The molecule has 15 heavy (non-hydrogen) atoms. The SMILES string of the molecule is N#C/C(=C/C=C\c1ccccc1)C(=O)O. The van der Waals surface area contributed by atoms with Crippen molar-refractivity contribution in [3.63, 3.8) is 0 Å². The number of carbonyl (C=O) groups is 1. The average Bonchev–Trinajstić information content (AvgIpc) is 2.25. The van der Waals surface area contributed by atoms with Gasteiger partial charge in [-0.1, -0.05) is 42.5 Å². The number of allylic oxidation sites excluding steroid dienone is 2. The molecule has 0 bridgehead atoms. The predicted octanol–water partition coefficient (Wildman–Crippen LogP) is 2.23. The molecule has 3 heteroatoms. The molecule has 0 aromatic heterocycles. The molecule has 74 valence electrons. The highest BCUT2D eigenvalue weighted by Crippen LogP contribution is 2.02. The molecular formula is C12H9NO2. The summed E-state index contributed by atoms with van der Waals surface area (Å²) >= 11 is 0. The summed E-state index contributed by atoms with van der Waals surface area (Å²) in [5, 5.41) is 17.0. The Hall–Kier alpha value is -2.34. The molecule has 0 aliphatic rings. The summed E-state index contributed by atoms with van der Waals surface area (Å²) in [4.78, 5) is 10.4. The van der Waals surface area contributed by atoms with Crippen LogP contribution in [0, 0.1) is 11.3 Å². The third kappa shape index (κ3) is 3.49. The minimum absolute atomic E-state index is 0.276. The van der Waals surface area contributed by atoms with Crippen molar-refractivity contribution in [1.82, 2.24) is 0 Å². The third-order valence-electron chi connectivity index (χ3n) is 1.70. The normalized spacial score (nSPS) is 11.3.